The predicted molar refractivity (Wildman–Crippen MR) is 126 cm³/mol. The zero-order valence-electron chi connectivity index (χ0n) is 19.0. The van der Waals surface area contributed by atoms with Gasteiger partial charge in [-0.3, -0.25) is 9.59 Å². The topological polar surface area (TPSA) is 86.8 Å². The van der Waals surface area contributed by atoms with Crippen molar-refractivity contribution in [1.82, 2.24) is 10.3 Å². The molecule has 9 heteroatoms. The van der Waals surface area contributed by atoms with Gasteiger partial charge in [-0.2, -0.15) is 0 Å². The van der Waals surface area contributed by atoms with Crippen LogP contribution in [-0.2, 0) is 11.2 Å². The summed E-state index contributed by atoms with van der Waals surface area (Å²) >= 11 is 5.89. The lowest BCUT2D eigenvalue weighted by Gasteiger charge is -2.12. The highest BCUT2D eigenvalue weighted by Gasteiger charge is 2.17. The smallest absolute Gasteiger partial charge is 0.251 e. The Bertz CT molecular complexity index is 1200. The zero-order chi connectivity index (χ0) is 24.7. The minimum absolute atomic E-state index is 0.0750. The molecular weight excluding hydrogens is 463 g/mol. The van der Waals surface area contributed by atoms with Gasteiger partial charge in [0.25, 0.3) is 5.91 Å². The number of benzene rings is 2. The maximum atomic E-state index is 13.6. The lowest BCUT2D eigenvalue weighted by Crippen LogP contribution is -2.30. The van der Waals surface area contributed by atoms with E-state index in [-0.39, 0.29) is 17.3 Å². The SMILES string of the molecule is COCCc1ccc(C(=O)NCC(=O)c2ccc(OC)c(-c3ccc(F)c(Cl)c3)n2)cc1OC. The molecule has 2 aromatic carbocycles. The van der Waals surface area contributed by atoms with Gasteiger partial charge in [-0.05, 0) is 54.4 Å². The van der Waals surface area contributed by atoms with Crippen LogP contribution in [0.3, 0.4) is 0 Å². The molecule has 0 saturated heterocycles. The third kappa shape index (κ3) is 5.89. The maximum absolute atomic E-state index is 13.6. The monoisotopic (exact) mass is 486 g/mol. The maximum Gasteiger partial charge on any atom is 0.251 e. The summed E-state index contributed by atoms with van der Waals surface area (Å²) in [5.74, 6) is -0.444. The Kier molecular flexibility index (Phi) is 8.56. The second kappa shape index (κ2) is 11.6. The van der Waals surface area contributed by atoms with Crippen LogP contribution in [0.15, 0.2) is 48.5 Å². The first-order chi connectivity index (χ1) is 16.4. The van der Waals surface area contributed by atoms with Gasteiger partial charge in [0.05, 0.1) is 32.4 Å². The Morgan fingerprint density at radius 1 is 1.00 bits per heavy atom. The molecule has 0 aliphatic heterocycles. The van der Waals surface area contributed by atoms with Crippen LogP contribution in [0.25, 0.3) is 11.3 Å². The van der Waals surface area contributed by atoms with Crippen molar-refractivity contribution in [3.8, 4) is 22.8 Å². The third-order valence-electron chi connectivity index (χ3n) is 5.09. The number of hydrogen-bond acceptors (Lipinski definition) is 6. The minimum atomic E-state index is -0.567. The van der Waals surface area contributed by atoms with Gasteiger partial charge >= 0.3 is 0 Å². The molecule has 0 aliphatic carbocycles. The minimum Gasteiger partial charge on any atom is -0.496 e. The number of nitrogens with zero attached hydrogens (tertiary/aromatic N) is 1. The van der Waals surface area contributed by atoms with Crippen molar-refractivity contribution in [1.29, 1.82) is 0 Å². The van der Waals surface area contributed by atoms with Gasteiger partial charge in [0.2, 0.25) is 0 Å². The molecule has 0 unspecified atom stereocenters. The van der Waals surface area contributed by atoms with Crippen molar-refractivity contribution in [2.75, 3.05) is 34.5 Å². The van der Waals surface area contributed by atoms with Gasteiger partial charge in [-0.1, -0.05) is 17.7 Å². The summed E-state index contributed by atoms with van der Waals surface area (Å²) in [6, 6.07) is 12.3. The molecule has 0 radical (unpaired) electrons. The molecule has 1 aromatic heterocycles. The van der Waals surface area contributed by atoms with E-state index in [0.717, 1.165) is 5.56 Å². The van der Waals surface area contributed by atoms with Crippen LogP contribution in [0.5, 0.6) is 11.5 Å². The van der Waals surface area contributed by atoms with E-state index in [4.69, 9.17) is 25.8 Å². The van der Waals surface area contributed by atoms with Gasteiger partial charge in [-0.25, -0.2) is 9.37 Å². The number of ketones is 1. The Labute approximate surface area is 201 Å². The first-order valence-corrected chi connectivity index (χ1v) is 10.7. The van der Waals surface area contributed by atoms with Gasteiger partial charge in [-0.15, -0.1) is 0 Å². The van der Waals surface area contributed by atoms with E-state index >= 15 is 0 Å². The van der Waals surface area contributed by atoms with E-state index < -0.39 is 17.5 Å². The summed E-state index contributed by atoms with van der Waals surface area (Å²) in [6.45, 7) is 0.257. The van der Waals surface area contributed by atoms with Crippen molar-refractivity contribution >= 4 is 23.3 Å². The van der Waals surface area contributed by atoms with Crippen LogP contribution in [0.4, 0.5) is 4.39 Å². The van der Waals surface area contributed by atoms with Gasteiger partial charge in [0.1, 0.15) is 28.7 Å². The number of nitrogens with one attached hydrogen (secondary N) is 1. The molecule has 0 spiro atoms. The summed E-state index contributed by atoms with van der Waals surface area (Å²) in [5, 5.41) is 2.53. The Morgan fingerprint density at radius 3 is 2.44 bits per heavy atom. The number of Topliss-reactive ketones (excluding diaryl/α,β-unsaturated/α-hetero) is 1. The quantitative estimate of drug-likeness (QED) is 0.428. The number of pyridine rings is 1. The number of amides is 1. The fourth-order valence-electron chi connectivity index (χ4n) is 3.27. The standard InChI is InChI=1S/C25H24ClFN2O5/c1-32-11-10-15-4-5-17(13-23(15)34-3)25(31)28-14-21(30)20-8-9-22(33-2)24(29-20)16-6-7-19(27)18(26)12-16/h4-9,12-13H,10-11,14H2,1-3H3,(H,28,31). The molecule has 1 amide bonds. The fraction of sp³-hybridized carbons (Fsp3) is 0.240. The lowest BCUT2D eigenvalue weighted by molar-refractivity contribution is 0.0902. The average molecular weight is 487 g/mol. The summed E-state index contributed by atoms with van der Waals surface area (Å²) in [5.41, 5.74) is 2.20. The van der Waals surface area contributed by atoms with Crippen molar-refractivity contribution < 1.29 is 28.2 Å². The number of halogens is 2. The fourth-order valence-corrected chi connectivity index (χ4v) is 3.45. The number of ether oxygens (including phenoxy) is 3. The first kappa shape index (κ1) is 25.1. The van der Waals surface area contributed by atoms with E-state index in [0.29, 0.717) is 41.3 Å². The van der Waals surface area contributed by atoms with Crippen molar-refractivity contribution in [3.05, 3.63) is 76.2 Å². The molecule has 34 heavy (non-hydrogen) atoms. The normalized spacial score (nSPS) is 10.6. The Hall–Kier alpha value is -3.49. The van der Waals surface area contributed by atoms with Gasteiger partial charge in [0, 0.05) is 18.2 Å². The van der Waals surface area contributed by atoms with Crippen LogP contribution >= 0.6 is 11.6 Å². The van der Waals surface area contributed by atoms with E-state index in [2.05, 4.69) is 10.3 Å². The summed E-state index contributed by atoms with van der Waals surface area (Å²) in [7, 11) is 4.60. The molecule has 3 aromatic rings. The number of methoxy groups -OCH3 is 3. The molecule has 0 fully saturated rings. The molecular formula is C25H24ClFN2O5. The van der Waals surface area contributed by atoms with Crippen LogP contribution in [0, 0.1) is 5.82 Å². The third-order valence-corrected chi connectivity index (χ3v) is 5.38. The van der Waals surface area contributed by atoms with Crippen molar-refractivity contribution in [2.45, 2.75) is 6.42 Å². The molecule has 3 rings (SSSR count). The summed E-state index contributed by atoms with van der Waals surface area (Å²) in [4.78, 5) is 29.7. The molecule has 1 heterocycles. The second-order valence-corrected chi connectivity index (χ2v) is 7.66. The number of hydrogen-bond donors (Lipinski definition) is 1. The first-order valence-electron chi connectivity index (χ1n) is 10.4. The number of aromatic nitrogens is 1. The van der Waals surface area contributed by atoms with Crippen LogP contribution in [0.2, 0.25) is 5.02 Å². The molecule has 0 bridgehead atoms. The van der Waals surface area contributed by atoms with Crippen molar-refractivity contribution in [3.63, 3.8) is 0 Å². The van der Waals surface area contributed by atoms with E-state index in [1.54, 1.807) is 31.4 Å². The summed E-state index contributed by atoms with van der Waals surface area (Å²) in [6.07, 6.45) is 0.644. The number of carbonyl (C=O) groups is 2. The Balaban J connectivity index is 1.74. The van der Waals surface area contributed by atoms with E-state index in [9.17, 15) is 14.0 Å². The predicted octanol–water partition coefficient (Wildman–Crippen LogP) is 4.36. The molecule has 0 saturated carbocycles. The van der Waals surface area contributed by atoms with Crippen LogP contribution < -0.4 is 14.8 Å². The molecule has 178 valence electrons. The van der Waals surface area contributed by atoms with Crippen LogP contribution in [0.1, 0.15) is 26.4 Å². The molecule has 0 aliphatic rings. The summed E-state index contributed by atoms with van der Waals surface area (Å²) < 4.78 is 29.3. The Morgan fingerprint density at radius 2 is 1.76 bits per heavy atom. The van der Waals surface area contributed by atoms with Gasteiger partial charge in [0.15, 0.2) is 5.78 Å². The number of carbonyl (C=O) groups excluding carboxylic acids is 2. The van der Waals surface area contributed by atoms with Crippen LogP contribution in [-0.4, -0.2) is 51.2 Å². The highest BCUT2D eigenvalue weighted by molar-refractivity contribution is 6.31. The highest BCUT2D eigenvalue weighted by Crippen LogP contribution is 2.31. The number of rotatable bonds is 10. The largest absolute Gasteiger partial charge is 0.496 e. The molecule has 1 N–H and O–H groups in total. The second-order valence-electron chi connectivity index (χ2n) is 7.25. The lowest BCUT2D eigenvalue weighted by atomic mass is 10.1. The zero-order valence-corrected chi connectivity index (χ0v) is 19.7. The van der Waals surface area contributed by atoms with E-state index in [1.165, 1.54) is 38.5 Å². The highest BCUT2D eigenvalue weighted by atomic mass is 35.5. The van der Waals surface area contributed by atoms with Crippen molar-refractivity contribution in [2.24, 2.45) is 0 Å². The molecule has 7 nitrogen and oxygen atoms in total. The average Bonchev–Trinajstić information content (AvgIpc) is 2.86. The van der Waals surface area contributed by atoms with E-state index in [1.807, 2.05) is 0 Å². The van der Waals surface area contributed by atoms with Gasteiger partial charge < -0.3 is 19.5 Å². The molecule has 0 atom stereocenters.